The number of pyridine rings is 1. The number of rotatable bonds is 7. The van der Waals surface area contributed by atoms with Crippen LogP contribution < -0.4 is 0 Å². The Balaban J connectivity index is 0.943. The SMILES string of the molecule is c1ccc(-c2ccc(-c3cc(-c4ccc(-c5ccccc5)cc4)nc(-c4ccc(-c5ccc6c(c5)nc(-c5cccc7ccccc57)c5c7ccccc7sc65)cc4)n3)cc2)cc1. The van der Waals surface area contributed by atoms with Gasteiger partial charge < -0.3 is 0 Å². The first-order chi connectivity index (χ1) is 31.2. The first-order valence-electron chi connectivity index (χ1n) is 21.2. The van der Waals surface area contributed by atoms with Crippen molar-refractivity contribution in [3.8, 4) is 78.5 Å². The molecule has 0 aliphatic carbocycles. The second-order valence-corrected chi connectivity index (χ2v) is 17.0. The molecule has 0 atom stereocenters. The molecule has 0 spiro atoms. The Morgan fingerprint density at radius 2 is 0.810 bits per heavy atom. The van der Waals surface area contributed by atoms with Crippen molar-refractivity contribution in [2.24, 2.45) is 0 Å². The smallest absolute Gasteiger partial charge is 0.160 e. The van der Waals surface area contributed by atoms with Crippen LogP contribution in [0.1, 0.15) is 0 Å². The summed E-state index contributed by atoms with van der Waals surface area (Å²) in [7, 11) is 0. The lowest BCUT2D eigenvalue weighted by Crippen LogP contribution is -1.96. The van der Waals surface area contributed by atoms with E-state index in [-0.39, 0.29) is 0 Å². The summed E-state index contributed by atoms with van der Waals surface area (Å²) in [6.45, 7) is 0. The molecule has 63 heavy (non-hydrogen) atoms. The van der Waals surface area contributed by atoms with E-state index in [1.807, 2.05) is 23.5 Å². The monoisotopic (exact) mass is 819 g/mol. The average molecular weight is 820 g/mol. The van der Waals surface area contributed by atoms with Crippen LogP contribution in [0.2, 0.25) is 0 Å². The number of hydrogen-bond acceptors (Lipinski definition) is 4. The van der Waals surface area contributed by atoms with Gasteiger partial charge in [0.25, 0.3) is 0 Å². The highest BCUT2D eigenvalue weighted by atomic mass is 32.1. The van der Waals surface area contributed by atoms with Gasteiger partial charge in [0, 0.05) is 47.8 Å². The fraction of sp³-hybridized carbons (Fsp3) is 0. The van der Waals surface area contributed by atoms with E-state index in [1.54, 1.807) is 0 Å². The van der Waals surface area contributed by atoms with Gasteiger partial charge in [-0.15, -0.1) is 11.3 Å². The first-order valence-corrected chi connectivity index (χ1v) is 22.1. The lowest BCUT2D eigenvalue weighted by atomic mass is 9.96. The Morgan fingerprint density at radius 1 is 0.317 bits per heavy atom. The first kappa shape index (κ1) is 36.8. The van der Waals surface area contributed by atoms with Crippen LogP contribution in [-0.4, -0.2) is 15.0 Å². The molecule has 0 aliphatic heterocycles. The predicted octanol–water partition coefficient (Wildman–Crippen LogP) is 16.2. The molecule has 0 fully saturated rings. The van der Waals surface area contributed by atoms with Crippen LogP contribution in [0.25, 0.3) is 120 Å². The van der Waals surface area contributed by atoms with E-state index in [4.69, 9.17) is 15.0 Å². The molecule has 3 heterocycles. The van der Waals surface area contributed by atoms with E-state index in [0.29, 0.717) is 5.82 Å². The maximum Gasteiger partial charge on any atom is 0.160 e. The van der Waals surface area contributed by atoms with Gasteiger partial charge in [-0.1, -0.05) is 206 Å². The average Bonchev–Trinajstić information content (AvgIpc) is 3.76. The zero-order valence-electron chi connectivity index (χ0n) is 34.1. The van der Waals surface area contributed by atoms with E-state index in [1.165, 1.54) is 58.6 Å². The Labute approximate surface area is 369 Å². The molecule has 0 unspecified atom stereocenters. The van der Waals surface area contributed by atoms with Crippen molar-refractivity contribution in [3.05, 3.63) is 224 Å². The molecule has 4 heteroatoms. The maximum atomic E-state index is 5.51. The Bertz CT molecular complexity index is 3530. The Hall–Kier alpha value is -8.05. The summed E-state index contributed by atoms with van der Waals surface area (Å²) >= 11 is 1.85. The van der Waals surface area contributed by atoms with Crippen molar-refractivity contribution in [1.82, 2.24) is 15.0 Å². The third-order valence-electron chi connectivity index (χ3n) is 12.1. The molecule has 294 valence electrons. The molecular formula is C59H37N3S. The van der Waals surface area contributed by atoms with E-state index in [2.05, 4.69) is 212 Å². The summed E-state index contributed by atoms with van der Waals surface area (Å²) in [5.41, 5.74) is 14.9. The second-order valence-electron chi connectivity index (χ2n) is 15.9. The van der Waals surface area contributed by atoms with E-state index < -0.39 is 0 Å². The van der Waals surface area contributed by atoms with E-state index in [0.717, 1.165) is 56.0 Å². The number of fused-ring (bicyclic) bond motifs is 6. The number of thiophene rings is 1. The lowest BCUT2D eigenvalue weighted by molar-refractivity contribution is 1.18. The summed E-state index contributed by atoms with van der Waals surface area (Å²) < 4.78 is 2.54. The van der Waals surface area contributed by atoms with Gasteiger partial charge in [-0.25, -0.2) is 15.0 Å². The second kappa shape index (κ2) is 15.4. The van der Waals surface area contributed by atoms with E-state index >= 15 is 0 Å². The molecule has 3 nitrogen and oxygen atoms in total. The molecule has 0 radical (unpaired) electrons. The third kappa shape index (κ3) is 6.74. The summed E-state index contributed by atoms with van der Waals surface area (Å²) in [6.07, 6.45) is 0. The lowest BCUT2D eigenvalue weighted by Gasteiger charge is -2.12. The van der Waals surface area contributed by atoms with Crippen molar-refractivity contribution >= 4 is 53.2 Å². The van der Waals surface area contributed by atoms with Crippen LogP contribution >= 0.6 is 11.3 Å². The number of benzene rings is 9. The fourth-order valence-electron chi connectivity index (χ4n) is 8.88. The molecule has 12 rings (SSSR count). The van der Waals surface area contributed by atoms with Gasteiger partial charge in [0.1, 0.15) is 0 Å². The molecule has 12 aromatic rings. The maximum absolute atomic E-state index is 5.51. The van der Waals surface area contributed by atoms with Crippen LogP contribution in [0, 0.1) is 0 Å². The zero-order valence-corrected chi connectivity index (χ0v) is 34.9. The number of hydrogen-bond donors (Lipinski definition) is 0. The topological polar surface area (TPSA) is 38.7 Å². The highest BCUT2D eigenvalue weighted by molar-refractivity contribution is 7.26. The standard InChI is InChI=1S/C59H37N3S/c1-3-12-38(13-4-1)40-22-28-44(29-23-40)52-37-53(45-30-24-41(25-31-45)39-14-5-2-6-15-39)62-59(61-52)46-32-26-42(27-33-46)47-34-35-50-54(36-47)60-57(49-20-11-17-43-16-7-8-18-48(43)49)56-51-19-9-10-21-55(51)63-58(50)56/h1-37H. The van der Waals surface area contributed by atoms with Crippen molar-refractivity contribution in [2.75, 3.05) is 0 Å². The largest absolute Gasteiger partial charge is 0.247 e. The van der Waals surface area contributed by atoms with Gasteiger partial charge in [-0.3, -0.25) is 0 Å². The molecule has 0 bridgehead atoms. The van der Waals surface area contributed by atoms with Crippen LogP contribution in [0.5, 0.6) is 0 Å². The molecule has 9 aromatic carbocycles. The van der Waals surface area contributed by atoms with Crippen LogP contribution in [0.3, 0.4) is 0 Å². The molecule has 0 saturated heterocycles. The van der Waals surface area contributed by atoms with E-state index in [9.17, 15) is 0 Å². The van der Waals surface area contributed by atoms with Crippen molar-refractivity contribution in [1.29, 1.82) is 0 Å². The summed E-state index contributed by atoms with van der Waals surface area (Å²) in [5.74, 6) is 0.681. The molecule has 0 aliphatic rings. The van der Waals surface area contributed by atoms with Gasteiger partial charge in [0.2, 0.25) is 0 Å². The minimum atomic E-state index is 0.681. The van der Waals surface area contributed by atoms with Crippen LogP contribution in [-0.2, 0) is 0 Å². The Kier molecular flexibility index (Phi) is 9.02. The van der Waals surface area contributed by atoms with Crippen molar-refractivity contribution in [2.45, 2.75) is 0 Å². The minimum Gasteiger partial charge on any atom is -0.247 e. The summed E-state index contributed by atoms with van der Waals surface area (Å²) in [4.78, 5) is 15.9. The molecular weight excluding hydrogens is 783 g/mol. The highest BCUT2D eigenvalue weighted by Crippen LogP contribution is 2.45. The van der Waals surface area contributed by atoms with Crippen LogP contribution in [0.4, 0.5) is 0 Å². The highest BCUT2D eigenvalue weighted by Gasteiger charge is 2.19. The molecule has 0 saturated carbocycles. The number of aromatic nitrogens is 3. The minimum absolute atomic E-state index is 0.681. The predicted molar refractivity (Wildman–Crippen MR) is 266 cm³/mol. The molecule has 3 aromatic heterocycles. The quantitative estimate of drug-likeness (QED) is 0.161. The zero-order chi connectivity index (χ0) is 41.7. The van der Waals surface area contributed by atoms with Crippen LogP contribution in [0.15, 0.2) is 224 Å². The molecule has 0 N–H and O–H groups in total. The van der Waals surface area contributed by atoms with Gasteiger partial charge >= 0.3 is 0 Å². The van der Waals surface area contributed by atoms with Crippen molar-refractivity contribution < 1.29 is 0 Å². The number of nitrogens with zero attached hydrogens (tertiary/aromatic N) is 3. The third-order valence-corrected chi connectivity index (χ3v) is 13.3. The summed E-state index contributed by atoms with van der Waals surface area (Å²) in [6, 6.07) is 79.6. The normalized spacial score (nSPS) is 11.5. The van der Waals surface area contributed by atoms with Gasteiger partial charge in [-0.05, 0) is 62.4 Å². The Morgan fingerprint density at radius 3 is 1.46 bits per heavy atom. The molecule has 0 amide bonds. The fourth-order valence-corrected chi connectivity index (χ4v) is 10.1. The van der Waals surface area contributed by atoms with Gasteiger partial charge in [0.05, 0.1) is 22.6 Å². The van der Waals surface area contributed by atoms with Crippen molar-refractivity contribution in [3.63, 3.8) is 0 Å². The van der Waals surface area contributed by atoms with Gasteiger partial charge in [0.15, 0.2) is 5.82 Å². The van der Waals surface area contributed by atoms with Gasteiger partial charge in [-0.2, -0.15) is 0 Å². The summed E-state index contributed by atoms with van der Waals surface area (Å²) in [5, 5.41) is 6.05.